The van der Waals surface area contributed by atoms with Gasteiger partial charge in [-0.1, -0.05) is 6.07 Å². The maximum absolute atomic E-state index is 11.7. The molecule has 0 radical (unpaired) electrons. The molecule has 1 N–H and O–H groups in total. The fraction of sp³-hybridized carbons (Fsp3) is 0.273. The van der Waals surface area contributed by atoms with Gasteiger partial charge in [0, 0.05) is 6.42 Å². The topological polar surface area (TPSA) is 63.6 Å². The van der Waals surface area contributed by atoms with E-state index in [1.807, 2.05) is 0 Å². The summed E-state index contributed by atoms with van der Waals surface area (Å²) in [7, 11) is 0. The number of aromatic carboxylic acids is 1. The minimum absolute atomic E-state index is 0.0180. The van der Waals surface area contributed by atoms with E-state index in [1.165, 1.54) is 6.07 Å². The van der Waals surface area contributed by atoms with Crippen LogP contribution in [0.1, 0.15) is 34.1 Å². The van der Waals surface area contributed by atoms with Gasteiger partial charge in [0.1, 0.15) is 11.9 Å². The van der Waals surface area contributed by atoms with Gasteiger partial charge in [0.2, 0.25) is 0 Å². The van der Waals surface area contributed by atoms with Crippen LogP contribution in [-0.2, 0) is 0 Å². The lowest BCUT2D eigenvalue weighted by Crippen LogP contribution is -2.25. The molecule has 15 heavy (non-hydrogen) atoms. The van der Waals surface area contributed by atoms with Crippen LogP contribution in [0.4, 0.5) is 0 Å². The molecular formula is C11H10O4. The number of benzene rings is 1. The van der Waals surface area contributed by atoms with Crippen molar-refractivity contribution in [1.82, 2.24) is 0 Å². The summed E-state index contributed by atoms with van der Waals surface area (Å²) < 4.78 is 5.41. The molecule has 0 bridgehead atoms. The number of carboxylic acid groups (broad SMARTS) is 1. The molecule has 2 rings (SSSR count). The molecule has 78 valence electrons. The van der Waals surface area contributed by atoms with E-state index in [0.29, 0.717) is 5.75 Å². The number of hydrogen-bond donors (Lipinski definition) is 1. The Labute approximate surface area is 86.5 Å². The molecule has 0 spiro atoms. The maximum Gasteiger partial charge on any atom is 0.336 e. The first kappa shape index (κ1) is 9.71. The van der Waals surface area contributed by atoms with Crippen LogP contribution in [0.3, 0.4) is 0 Å². The summed E-state index contributed by atoms with van der Waals surface area (Å²) in [5, 5.41) is 8.92. The number of ether oxygens (including phenoxy) is 1. The third-order valence-electron chi connectivity index (χ3n) is 2.34. The van der Waals surface area contributed by atoms with Crippen molar-refractivity contribution in [2.24, 2.45) is 0 Å². The molecule has 1 aromatic rings. The molecule has 4 heteroatoms. The van der Waals surface area contributed by atoms with Gasteiger partial charge < -0.3 is 9.84 Å². The molecule has 1 aliphatic rings. The summed E-state index contributed by atoms with van der Waals surface area (Å²) in [5.74, 6) is -0.890. The number of carbonyl (C=O) groups excluding carboxylic acids is 1. The predicted molar refractivity (Wildman–Crippen MR) is 52.4 cm³/mol. The third-order valence-corrected chi connectivity index (χ3v) is 2.34. The van der Waals surface area contributed by atoms with Gasteiger partial charge in [-0.2, -0.15) is 0 Å². The summed E-state index contributed by atoms with van der Waals surface area (Å²) in [6, 6.07) is 4.61. The first-order valence-electron chi connectivity index (χ1n) is 4.65. The monoisotopic (exact) mass is 206 g/mol. The zero-order valence-electron chi connectivity index (χ0n) is 8.19. The number of carbonyl (C=O) groups is 2. The molecule has 0 saturated carbocycles. The van der Waals surface area contributed by atoms with Gasteiger partial charge in [-0.15, -0.1) is 0 Å². The molecule has 0 amide bonds. The Bertz CT molecular complexity index is 436. The van der Waals surface area contributed by atoms with Crippen LogP contribution in [0.25, 0.3) is 0 Å². The molecule has 0 aromatic heterocycles. The van der Waals surface area contributed by atoms with Gasteiger partial charge in [0.15, 0.2) is 5.78 Å². The molecule has 1 heterocycles. The lowest BCUT2D eigenvalue weighted by atomic mass is 9.96. The van der Waals surface area contributed by atoms with Crippen LogP contribution in [0.15, 0.2) is 18.2 Å². The van der Waals surface area contributed by atoms with E-state index in [0.717, 1.165) is 0 Å². The van der Waals surface area contributed by atoms with E-state index < -0.39 is 5.97 Å². The van der Waals surface area contributed by atoms with E-state index >= 15 is 0 Å². The quantitative estimate of drug-likeness (QED) is 0.760. The van der Waals surface area contributed by atoms with Crippen LogP contribution < -0.4 is 4.74 Å². The Morgan fingerprint density at radius 2 is 2.27 bits per heavy atom. The summed E-state index contributed by atoms with van der Waals surface area (Å²) in [6.07, 6.45) is 0.0474. The Balaban J connectivity index is 2.59. The lowest BCUT2D eigenvalue weighted by molar-refractivity contribution is 0.0683. The highest BCUT2D eigenvalue weighted by atomic mass is 16.5. The summed E-state index contributed by atoms with van der Waals surface area (Å²) in [6.45, 7) is 1.79. The van der Waals surface area contributed by atoms with Crippen molar-refractivity contribution in [3.63, 3.8) is 0 Å². The second-order valence-corrected chi connectivity index (χ2v) is 3.54. The largest absolute Gasteiger partial charge is 0.489 e. The van der Waals surface area contributed by atoms with Gasteiger partial charge in [0.05, 0.1) is 11.1 Å². The average molecular weight is 206 g/mol. The zero-order chi connectivity index (χ0) is 11.0. The molecule has 1 atom stereocenters. The first-order valence-corrected chi connectivity index (χ1v) is 4.65. The van der Waals surface area contributed by atoms with Crippen molar-refractivity contribution in [3.05, 3.63) is 29.3 Å². The first-order chi connectivity index (χ1) is 7.09. The molecule has 1 unspecified atom stereocenters. The Kier molecular flexibility index (Phi) is 2.19. The van der Waals surface area contributed by atoms with E-state index in [2.05, 4.69) is 0 Å². The highest BCUT2D eigenvalue weighted by molar-refractivity contribution is 6.08. The fourth-order valence-electron chi connectivity index (χ4n) is 1.72. The van der Waals surface area contributed by atoms with E-state index in [1.54, 1.807) is 19.1 Å². The molecular weight excluding hydrogens is 196 g/mol. The minimum atomic E-state index is -1.10. The number of hydrogen-bond acceptors (Lipinski definition) is 3. The van der Waals surface area contributed by atoms with Gasteiger partial charge in [-0.05, 0) is 19.1 Å². The average Bonchev–Trinajstić information content (AvgIpc) is 2.16. The number of carboxylic acids is 1. The second kappa shape index (κ2) is 3.38. The number of rotatable bonds is 1. The molecule has 0 aliphatic carbocycles. The molecule has 1 aliphatic heterocycles. The predicted octanol–water partition coefficient (Wildman–Crippen LogP) is 1.74. The third kappa shape index (κ3) is 1.58. The van der Waals surface area contributed by atoms with Crippen LogP contribution in [0.5, 0.6) is 5.75 Å². The SMILES string of the molecule is CC1CC(=O)c2c(cccc2C(=O)O)O1. The summed E-state index contributed by atoms with van der Waals surface area (Å²) >= 11 is 0. The van der Waals surface area contributed by atoms with Crippen molar-refractivity contribution in [3.8, 4) is 5.75 Å². The highest BCUT2D eigenvalue weighted by Crippen LogP contribution is 2.30. The van der Waals surface area contributed by atoms with Crippen molar-refractivity contribution >= 4 is 11.8 Å². The smallest absolute Gasteiger partial charge is 0.336 e. The second-order valence-electron chi connectivity index (χ2n) is 3.54. The number of Topliss-reactive ketones (excluding diaryl/α,β-unsaturated/α-hetero) is 1. The van der Waals surface area contributed by atoms with Crippen LogP contribution >= 0.6 is 0 Å². The molecule has 0 fully saturated rings. The van der Waals surface area contributed by atoms with Crippen LogP contribution in [0.2, 0.25) is 0 Å². The fourth-order valence-corrected chi connectivity index (χ4v) is 1.72. The zero-order valence-corrected chi connectivity index (χ0v) is 8.19. The van der Waals surface area contributed by atoms with Gasteiger partial charge in [-0.3, -0.25) is 4.79 Å². The van der Waals surface area contributed by atoms with Crippen molar-refractivity contribution in [1.29, 1.82) is 0 Å². The Hall–Kier alpha value is -1.84. The van der Waals surface area contributed by atoms with E-state index in [9.17, 15) is 9.59 Å². The normalized spacial score (nSPS) is 19.3. The van der Waals surface area contributed by atoms with E-state index in [4.69, 9.17) is 9.84 Å². The highest BCUT2D eigenvalue weighted by Gasteiger charge is 2.28. The van der Waals surface area contributed by atoms with Gasteiger partial charge in [-0.25, -0.2) is 4.79 Å². The lowest BCUT2D eigenvalue weighted by Gasteiger charge is -2.23. The standard InChI is InChI=1S/C11H10O4/c1-6-5-8(12)10-7(11(13)14)3-2-4-9(10)15-6/h2-4,6H,5H2,1H3,(H,13,14). The Morgan fingerprint density at radius 3 is 2.93 bits per heavy atom. The molecule has 0 saturated heterocycles. The van der Waals surface area contributed by atoms with Gasteiger partial charge in [0.25, 0.3) is 0 Å². The maximum atomic E-state index is 11.7. The van der Waals surface area contributed by atoms with Crippen LogP contribution in [0, 0.1) is 0 Å². The number of fused-ring (bicyclic) bond motifs is 1. The Morgan fingerprint density at radius 1 is 1.53 bits per heavy atom. The molecule has 1 aromatic carbocycles. The van der Waals surface area contributed by atoms with E-state index in [-0.39, 0.29) is 29.4 Å². The summed E-state index contributed by atoms with van der Waals surface area (Å²) in [4.78, 5) is 22.6. The van der Waals surface area contributed by atoms with Crippen molar-refractivity contribution in [2.45, 2.75) is 19.4 Å². The van der Waals surface area contributed by atoms with Crippen LogP contribution in [-0.4, -0.2) is 23.0 Å². The summed E-state index contributed by atoms with van der Waals surface area (Å²) in [5.41, 5.74) is 0.215. The van der Waals surface area contributed by atoms with Gasteiger partial charge >= 0.3 is 5.97 Å². The van der Waals surface area contributed by atoms with Crippen molar-refractivity contribution < 1.29 is 19.4 Å². The van der Waals surface area contributed by atoms with Crippen molar-refractivity contribution in [2.75, 3.05) is 0 Å². The minimum Gasteiger partial charge on any atom is -0.489 e. The molecule has 4 nitrogen and oxygen atoms in total. The number of ketones is 1.